The molecule has 1 saturated carbocycles. The maximum atomic E-state index is 5.77. The number of aromatic nitrogens is 2. The number of anilines is 2. The van der Waals surface area contributed by atoms with Crippen LogP contribution in [0.4, 0.5) is 11.6 Å². The standard InChI is InChI=1S/C11H17BrN4/c12-9-7-15-11(10(13)16-9)14-6-8-4-2-1-3-5-8/h7-8H,1-6H2,(H2,13,16)(H,14,15). The molecule has 1 aromatic rings. The van der Waals surface area contributed by atoms with E-state index in [4.69, 9.17) is 5.73 Å². The number of nitrogen functional groups attached to an aromatic ring is 1. The average Bonchev–Trinajstić information content (AvgIpc) is 2.29. The first-order valence-corrected chi connectivity index (χ1v) is 6.57. The number of halogens is 1. The van der Waals surface area contributed by atoms with Crippen LogP contribution in [-0.4, -0.2) is 16.5 Å². The minimum absolute atomic E-state index is 0.463. The highest BCUT2D eigenvalue weighted by Crippen LogP contribution is 2.24. The van der Waals surface area contributed by atoms with Crippen molar-refractivity contribution in [2.24, 2.45) is 5.92 Å². The summed E-state index contributed by atoms with van der Waals surface area (Å²) in [7, 11) is 0. The minimum Gasteiger partial charge on any atom is -0.381 e. The Hall–Kier alpha value is -0.840. The lowest BCUT2D eigenvalue weighted by Gasteiger charge is -2.22. The van der Waals surface area contributed by atoms with Crippen molar-refractivity contribution >= 4 is 27.6 Å². The van der Waals surface area contributed by atoms with Gasteiger partial charge in [-0.15, -0.1) is 0 Å². The van der Waals surface area contributed by atoms with Crippen LogP contribution in [0.5, 0.6) is 0 Å². The van der Waals surface area contributed by atoms with Gasteiger partial charge in [-0.05, 0) is 34.7 Å². The fourth-order valence-corrected chi connectivity index (χ4v) is 2.44. The molecule has 16 heavy (non-hydrogen) atoms. The van der Waals surface area contributed by atoms with Gasteiger partial charge in [0, 0.05) is 6.54 Å². The van der Waals surface area contributed by atoms with Crippen molar-refractivity contribution in [3.05, 3.63) is 10.8 Å². The number of rotatable bonds is 3. The van der Waals surface area contributed by atoms with E-state index in [2.05, 4.69) is 31.2 Å². The molecule has 0 amide bonds. The summed E-state index contributed by atoms with van der Waals surface area (Å²) in [6, 6.07) is 0. The molecule has 4 nitrogen and oxygen atoms in total. The lowest BCUT2D eigenvalue weighted by Crippen LogP contribution is -2.18. The zero-order valence-corrected chi connectivity index (χ0v) is 10.8. The highest BCUT2D eigenvalue weighted by Gasteiger charge is 2.13. The molecule has 0 bridgehead atoms. The van der Waals surface area contributed by atoms with E-state index < -0.39 is 0 Å². The summed E-state index contributed by atoms with van der Waals surface area (Å²) in [6.07, 6.45) is 8.39. The van der Waals surface area contributed by atoms with Gasteiger partial charge in [-0.25, -0.2) is 9.97 Å². The van der Waals surface area contributed by atoms with Gasteiger partial charge in [0.1, 0.15) is 4.60 Å². The molecule has 0 aliphatic heterocycles. The van der Waals surface area contributed by atoms with E-state index >= 15 is 0 Å². The van der Waals surface area contributed by atoms with Gasteiger partial charge in [0.15, 0.2) is 11.6 Å². The van der Waals surface area contributed by atoms with Crippen molar-refractivity contribution in [1.82, 2.24) is 9.97 Å². The van der Waals surface area contributed by atoms with E-state index in [0.717, 1.165) is 12.5 Å². The molecule has 2 rings (SSSR count). The quantitative estimate of drug-likeness (QED) is 0.896. The predicted molar refractivity (Wildman–Crippen MR) is 69.2 cm³/mol. The van der Waals surface area contributed by atoms with E-state index in [9.17, 15) is 0 Å². The van der Waals surface area contributed by atoms with E-state index in [1.807, 2.05) is 0 Å². The number of nitrogens with two attached hydrogens (primary N) is 1. The van der Waals surface area contributed by atoms with Crippen LogP contribution in [0.2, 0.25) is 0 Å². The maximum Gasteiger partial charge on any atom is 0.169 e. The molecule has 1 aliphatic carbocycles. The third kappa shape index (κ3) is 3.07. The topological polar surface area (TPSA) is 63.8 Å². The Morgan fingerprint density at radius 1 is 1.38 bits per heavy atom. The molecule has 1 aromatic heterocycles. The van der Waals surface area contributed by atoms with Crippen molar-refractivity contribution in [3.8, 4) is 0 Å². The summed E-state index contributed by atoms with van der Waals surface area (Å²) >= 11 is 3.24. The fraction of sp³-hybridized carbons (Fsp3) is 0.636. The van der Waals surface area contributed by atoms with Crippen molar-refractivity contribution in [3.63, 3.8) is 0 Å². The molecule has 1 fully saturated rings. The number of hydrogen-bond acceptors (Lipinski definition) is 4. The Balaban J connectivity index is 1.88. The summed E-state index contributed by atoms with van der Waals surface area (Å²) in [4.78, 5) is 8.32. The average molecular weight is 285 g/mol. The van der Waals surface area contributed by atoms with Crippen LogP contribution >= 0.6 is 15.9 Å². The number of nitrogens with zero attached hydrogens (tertiary/aromatic N) is 2. The first-order valence-electron chi connectivity index (χ1n) is 5.77. The van der Waals surface area contributed by atoms with Crippen LogP contribution < -0.4 is 11.1 Å². The largest absolute Gasteiger partial charge is 0.381 e. The third-order valence-corrected chi connectivity index (χ3v) is 3.44. The van der Waals surface area contributed by atoms with Crippen LogP contribution in [0.25, 0.3) is 0 Å². The molecule has 3 N–H and O–H groups in total. The molecule has 1 aliphatic rings. The van der Waals surface area contributed by atoms with Crippen LogP contribution in [0.1, 0.15) is 32.1 Å². The molecule has 0 aromatic carbocycles. The second-order valence-corrected chi connectivity index (χ2v) is 5.12. The summed E-state index contributed by atoms with van der Waals surface area (Å²) in [6.45, 7) is 0.959. The number of hydrogen-bond donors (Lipinski definition) is 2. The van der Waals surface area contributed by atoms with E-state index in [1.54, 1.807) is 6.20 Å². The molecule has 0 radical (unpaired) electrons. The second kappa shape index (κ2) is 5.48. The van der Waals surface area contributed by atoms with Gasteiger partial charge in [-0.3, -0.25) is 0 Å². The first kappa shape index (κ1) is 11.6. The van der Waals surface area contributed by atoms with Crippen molar-refractivity contribution in [2.45, 2.75) is 32.1 Å². The summed E-state index contributed by atoms with van der Waals surface area (Å²) in [5.41, 5.74) is 5.77. The Morgan fingerprint density at radius 2 is 2.12 bits per heavy atom. The van der Waals surface area contributed by atoms with E-state index in [1.165, 1.54) is 32.1 Å². The van der Waals surface area contributed by atoms with Crippen LogP contribution in [0.3, 0.4) is 0 Å². The van der Waals surface area contributed by atoms with Crippen LogP contribution in [-0.2, 0) is 0 Å². The Bertz CT molecular complexity index is 350. The lowest BCUT2D eigenvalue weighted by molar-refractivity contribution is 0.373. The minimum atomic E-state index is 0.463. The van der Waals surface area contributed by atoms with Crippen molar-refractivity contribution < 1.29 is 0 Å². The fourth-order valence-electron chi connectivity index (χ4n) is 2.15. The van der Waals surface area contributed by atoms with Gasteiger partial charge in [0.2, 0.25) is 0 Å². The summed E-state index contributed by atoms with van der Waals surface area (Å²) in [5.74, 6) is 1.93. The highest BCUT2D eigenvalue weighted by molar-refractivity contribution is 9.10. The van der Waals surface area contributed by atoms with Gasteiger partial charge in [-0.1, -0.05) is 19.3 Å². The molecule has 5 heteroatoms. The smallest absolute Gasteiger partial charge is 0.169 e. The van der Waals surface area contributed by atoms with Crippen molar-refractivity contribution in [2.75, 3.05) is 17.6 Å². The summed E-state index contributed by atoms with van der Waals surface area (Å²) in [5, 5.41) is 3.29. The molecular weight excluding hydrogens is 268 g/mol. The Labute approximate surface area is 104 Å². The molecule has 1 heterocycles. The second-order valence-electron chi connectivity index (χ2n) is 4.31. The van der Waals surface area contributed by atoms with E-state index in [-0.39, 0.29) is 0 Å². The van der Waals surface area contributed by atoms with Crippen molar-refractivity contribution in [1.29, 1.82) is 0 Å². The third-order valence-electron chi connectivity index (χ3n) is 3.05. The molecule has 0 spiro atoms. The molecular formula is C11H17BrN4. The Kier molecular flexibility index (Phi) is 3.98. The number of nitrogens with one attached hydrogen (secondary N) is 1. The maximum absolute atomic E-state index is 5.77. The Morgan fingerprint density at radius 3 is 2.81 bits per heavy atom. The van der Waals surface area contributed by atoms with Gasteiger partial charge in [-0.2, -0.15) is 0 Å². The monoisotopic (exact) mass is 284 g/mol. The predicted octanol–water partition coefficient (Wildman–Crippen LogP) is 2.81. The molecule has 0 atom stereocenters. The highest BCUT2D eigenvalue weighted by atomic mass is 79.9. The molecule has 0 unspecified atom stereocenters. The zero-order chi connectivity index (χ0) is 11.4. The first-order chi connectivity index (χ1) is 7.75. The lowest BCUT2D eigenvalue weighted by atomic mass is 9.89. The van der Waals surface area contributed by atoms with Gasteiger partial charge < -0.3 is 11.1 Å². The van der Waals surface area contributed by atoms with Crippen LogP contribution in [0, 0.1) is 5.92 Å². The normalized spacial score (nSPS) is 17.3. The zero-order valence-electron chi connectivity index (χ0n) is 9.25. The molecule has 88 valence electrons. The van der Waals surface area contributed by atoms with Gasteiger partial charge in [0.25, 0.3) is 0 Å². The van der Waals surface area contributed by atoms with Gasteiger partial charge in [0.05, 0.1) is 6.20 Å². The molecule has 0 saturated heterocycles. The summed E-state index contributed by atoms with van der Waals surface area (Å²) < 4.78 is 0.674. The van der Waals surface area contributed by atoms with E-state index in [0.29, 0.717) is 16.2 Å². The van der Waals surface area contributed by atoms with Gasteiger partial charge >= 0.3 is 0 Å². The SMILES string of the molecule is Nc1nc(Br)cnc1NCC1CCCCC1. The van der Waals surface area contributed by atoms with Crippen LogP contribution in [0.15, 0.2) is 10.8 Å².